The number of benzene rings is 4. The van der Waals surface area contributed by atoms with E-state index in [1.165, 1.54) is 11.1 Å². The summed E-state index contributed by atoms with van der Waals surface area (Å²) in [6, 6.07) is 33.2. The zero-order chi connectivity index (χ0) is 25.9. The molecule has 6 heteroatoms. The number of rotatable bonds is 11. The fourth-order valence-electron chi connectivity index (χ4n) is 4.01. The Morgan fingerprint density at radius 2 is 1.51 bits per heavy atom. The zero-order valence-electron chi connectivity index (χ0n) is 20.9. The predicted molar refractivity (Wildman–Crippen MR) is 153 cm³/mol. The van der Waals surface area contributed by atoms with Crippen LogP contribution in [0.4, 0.5) is 10.5 Å². The average Bonchev–Trinajstić information content (AvgIpc) is 2.93. The van der Waals surface area contributed by atoms with Crippen molar-refractivity contribution in [1.29, 1.82) is 0 Å². The Balaban J connectivity index is 1.35. The van der Waals surface area contributed by atoms with Gasteiger partial charge in [0.05, 0.1) is 6.61 Å². The molecule has 190 valence electrons. The van der Waals surface area contributed by atoms with Crippen molar-refractivity contribution in [3.8, 4) is 0 Å². The summed E-state index contributed by atoms with van der Waals surface area (Å²) >= 11 is 1.59. The lowest BCUT2D eigenvalue weighted by molar-refractivity contribution is -0.117. The second-order valence-corrected chi connectivity index (χ2v) is 10.0. The number of carbonyl (C=O) groups is 2. The molecule has 0 heterocycles. The van der Waals surface area contributed by atoms with Gasteiger partial charge in [-0.2, -0.15) is 11.8 Å². The fraction of sp³-hybridized carbons (Fsp3) is 0.226. The van der Waals surface area contributed by atoms with E-state index in [1.54, 1.807) is 11.8 Å². The van der Waals surface area contributed by atoms with Gasteiger partial charge in [0.25, 0.3) is 0 Å². The molecule has 4 rings (SSSR count). The monoisotopic (exact) mass is 512 g/mol. The first-order valence-corrected chi connectivity index (χ1v) is 13.6. The summed E-state index contributed by atoms with van der Waals surface area (Å²) in [7, 11) is 0. The topological polar surface area (TPSA) is 67.4 Å². The number of hydrogen-bond donors (Lipinski definition) is 2. The molecular weight excluding hydrogens is 480 g/mol. The summed E-state index contributed by atoms with van der Waals surface area (Å²) in [6.45, 7) is 2.38. The van der Waals surface area contributed by atoms with Crippen molar-refractivity contribution in [2.45, 2.75) is 31.1 Å². The Morgan fingerprint density at radius 1 is 0.838 bits per heavy atom. The Bertz CT molecular complexity index is 1300. The molecule has 0 fully saturated rings. The summed E-state index contributed by atoms with van der Waals surface area (Å²) in [6.07, 6.45) is 0.118. The Hall–Kier alpha value is -3.77. The zero-order valence-corrected chi connectivity index (χ0v) is 21.7. The molecule has 0 bridgehead atoms. The molecule has 2 unspecified atom stereocenters. The van der Waals surface area contributed by atoms with Gasteiger partial charge in [-0.25, -0.2) is 4.79 Å². The molecule has 0 spiro atoms. The van der Waals surface area contributed by atoms with Crippen LogP contribution in [0.15, 0.2) is 103 Å². The highest BCUT2D eigenvalue weighted by atomic mass is 32.2. The maximum absolute atomic E-state index is 13.2. The maximum Gasteiger partial charge on any atom is 0.407 e. The van der Waals surface area contributed by atoms with Gasteiger partial charge in [-0.1, -0.05) is 97.9 Å². The molecular formula is C31H32N2O3S. The predicted octanol–water partition coefficient (Wildman–Crippen LogP) is 7.00. The molecule has 4 aromatic carbocycles. The molecule has 0 aliphatic carbocycles. The average molecular weight is 513 g/mol. The second kappa shape index (κ2) is 13.5. The van der Waals surface area contributed by atoms with E-state index >= 15 is 0 Å². The first-order chi connectivity index (χ1) is 18.1. The molecule has 0 aliphatic heterocycles. The van der Waals surface area contributed by atoms with E-state index < -0.39 is 12.1 Å². The van der Waals surface area contributed by atoms with E-state index in [0.717, 1.165) is 16.5 Å². The van der Waals surface area contributed by atoms with Gasteiger partial charge in [-0.05, 0) is 46.4 Å². The van der Waals surface area contributed by atoms with Crippen molar-refractivity contribution in [2.24, 2.45) is 0 Å². The molecule has 4 aromatic rings. The third-order valence-corrected chi connectivity index (χ3v) is 7.28. The molecule has 0 aliphatic rings. The van der Waals surface area contributed by atoms with Crippen LogP contribution in [0.25, 0.3) is 10.8 Å². The molecule has 0 saturated carbocycles. The molecule has 2 atom stereocenters. The van der Waals surface area contributed by atoms with E-state index in [-0.39, 0.29) is 18.4 Å². The van der Waals surface area contributed by atoms with Gasteiger partial charge < -0.3 is 15.4 Å². The van der Waals surface area contributed by atoms with Crippen LogP contribution in [0.2, 0.25) is 0 Å². The number of nitrogens with one attached hydrogen (secondary N) is 2. The molecule has 2 N–H and O–H groups in total. The van der Waals surface area contributed by atoms with Crippen molar-refractivity contribution in [3.63, 3.8) is 0 Å². The largest absolute Gasteiger partial charge is 0.450 e. The summed E-state index contributed by atoms with van der Waals surface area (Å²) in [4.78, 5) is 25.8. The third kappa shape index (κ3) is 8.12. The van der Waals surface area contributed by atoms with Crippen LogP contribution in [-0.2, 0) is 15.3 Å². The smallest absolute Gasteiger partial charge is 0.407 e. The summed E-state index contributed by atoms with van der Waals surface area (Å²) in [5, 5.41) is 7.88. The summed E-state index contributed by atoms with van der Waals surface area (Å²) in [5.41, 5.74) is 3.06. The van der Waals surface area contributed by atoms with Crippen molar-refractivity contribution in [1.82, 2.24) is 5.32 Å². The lowest BCUT2D eigenvalue weighted by Crippen LogP contribution is -2.45. The van der Waals surface area contributed by atoms with E-state index in [0.29, 0.717) is 17.9 Å². The van der Waals surface area contributed by atoms with E-state index in [2.05, 4.69) is 29.7 Å². The highest BCUT2D eigenvalue weighted by Crippen LogP contribution is 2.20. The minimum Gasteiger partial charge on any atom is -0.450 e. The first kappa shape index (κ1) is 26.3. The van der Waals surface area contributed by atoms with Crippen LogP contribution in [0.1, 0.15) is 30.4 Å². The van der Waals surface area contributed by atoms with E-state index in [1.807, 2.05) is 91.0 Å². The maximum atomic E-state index is 13.2. The minimum atomic E-state index is -0.737. The highest BCUT2D eigenvalue weighted by molar-refractivity contribution is 7.98. The third-order valence-electron chi connectivity index (χ3n) is 6.17. The van der Waals surface area contributed by atoms with Gasteiger partial charge in [0, 0.05) is 17.2 Å². The van der Waals surface area contributed by atoms with Gasteiger partial charge >= 0.3 is 6.09 Å². The highest BCUT2D eigenvalue weighted by Gasteiger charge is 2.22. The van der Waals surface area contributed by atoms with Gasteiger partial charge in [-0.3, -0.25) is 4.79 Å². The number of carbonyl (C=O) groups excluding carboxylic acids is 2. The Labute approximate surface area is 222 Å². The number of fused-ring (bicyclic) bond motifs is 1. The lowest BCUT2D eigenvalue weighted by atomic mass is 9.98. The van der Waals surface area contributed by atoms with Gasteiger partial charge in [0.15, 0.2) is 0 Å². The standard InChI is InChI=1S/C31H32N2O3S/c1-23(25-12-6-3-7-13-25)18-19-36-31(35)33-29(22-37-21-24-10-4-2-5-11-24)30(34)32-28-17-16-26-14-8-9-15-27(26)20-28/h2-17,20,23,29H,18-19,21-22H2,1H3,(H,32,34)(H,33,35). The number of anilines is 1. The van der Waals surface area contributed by atoms with Gasteiger partial charge in [0.1, 0.15) is 6.04 Å². The molecule has 0 aromatic heterocycles. The van der Waals surface area contributed by atoms with Crippen LogP contribution in [0, 0.1) is 0 Å². The summed E-state index contributed by atoms with van der Waals surface area (Å²) in [5.74, 6) is 1.16. The molecule has 37 heavy (non-hydrogen) atoms. The first-order valence-electron chi connectivity index (χ1n) is 12.5. The van der Waals surface area contributed by atoms with Crippen molar-refractivity contribution in [2.75, 3.05) is 17.7 Å². The molecule has 5 nitrogen and oxygen atoms in total. The fourth-order valence-corrected chi connectivity index (χ4v) is 5.03. The normalized spacial score (nSPS) is 12.5. The minimum absolute atomic E-state index is 0.266. The van der Waals surface area contributed by atoms with Crippen molar-refractivity contribution < 1.29 is 14.3 Å². The summed E-state index contributed by atoms with van der Waals surface area (Å²) < 4.78 is 5.45. The molecule has 0 saturated heterocycles. The number of hydrogen-bond acceptors (Lipinski definition) is 4. The second-order valence-electron chi connectivity index (χ2n) is 8.99. The van der Waals surface area contributed by atoms with Crippen molar-refractivity contribution in [3.05, 3.63) is 114 Å². The van der Waals surface area contributed by atoms with Crippen molar-refractivity contribution >= 4 is 40.2 Å². The van der Waals surface area contributed by atoms with Crippen LogP contribution in [0.3, 0.4) is 0 Å². The molecule has 2 amide bonds. The van der Waals surface area contributed by atoms with Crippen LogP contribution < -0.4 is 10.6 Å². The quantitative estimate of drug-likeness (QED) is 0.227. The Morgan fingerprint density at radius 3 is 2.27 bits per heavy atom. The number of thioether (sulfide) groups is 1. The number of alkyl carbamates (subject to hydrolysis) is 1. The van der Waals surface area contributed by atoms with Gasteiger partial charge in [0.2, 0.25) is 5.91 Å². The van der Waals surface area contributed by atoms with Crippen LogP contribution in [-0.4, -0.2) is 30.4 Å². The number of ether oxygens (including phenoxy) is 1. The van der Waals surface area contributed by atoms with E-state index in [4.69, 9.17) is 4.74 Å². The van der Waals surface area contributed by atoms with Crippen LogP contribution >= 0.6 is 11.8 Å². The number of amides is 2. The SMILES string of the molecule is CC(CCOC(=O)NC(CSCc1ccccc1)C(=O)Nc1ccc2ccccc2c1)c1ccccc1. The van der Waals surface area contributed by atoms with Gasteiger partial charge in [-0.15, -0.1) is 0 Å². The Kier molecular flexibility index (Phi) is 9.60. The molecule has 0 radical (unpaired) electrons. The van der Waals surface area contributed by atoms with Crippen LogP contribution in [0.5, 0.6) is 0 Å². The van der Waals surface area contributed by atoms with E-state index in [9.17, 15) is 9.59 Å². The lowest BCUT2D eigenvalue weighted by Gasteiger charge is -2.19.